The molecule has 1 N–H and O–H groups in total. The van der Waals surface area contributed by atoms with E-state index in [9.17, 15) is 23.3 Å². The third-order valence-corrected chi connectivity index (χ3v) is 3.02. The maximum absolute atomic E-state index is 12.6. The van der Waals surface area contributed by atoms with E-state index in [2.05, 4.69) is 10.5 Å². The minimum absolute atomic E-state index is 0.0869. The molecule has 0 aliphatic carbocycles. The van der Waals surface area contributed by atoms with Crippen molar-refractivity contribution in [2.45, 2.75) is 13.1 Å². The van der Waals surface area contributed by atoms with Crippen LogP contribution < -0.4 is 5.43 Å². The van der Waals surface area contributed by atoms with Gasteiger partial charge in [0.2, 0.25) is 0 Å². The molecule has 0 radical (unpaired) electrons. The van der Waals surface area contributed by atoms with Crippen LogP contribution in [0.15, 0.2) is 53.6 Å². The summed E-state index contributed by atoms with van der Waals surface area (Å²) in [5.41, 5.74) is 2.73. The van der Waals surface area contributed by atoms with Crippen molar-refractivity contribution in [2.75, 3.05) is 5.43 Å². The number of hydrogen-bond donors (Lipinski definition) is 1. The van der Waals surface area contributed by atoms with Crippen molar-refractivity contribution in [1.29, 1.82) is 0 Å². The van der Waals surface area contributed by atoms with Crippen molar-refractivity contribution in [3.05, 3.63) is 69.8 Å². The van der Waals surface area contributed by atoms with Gasteiger partial charge in [-0.15, -0.1) is 0 Å². The van der Waals surface area contributed by atoms with Gasteiger partial charge < -0.3 is 0 Å². The highest BCUT2D eigenvalue weighted by Gasteiger charge is 2.30. The van der Waals surface area contributed by atoms with Crippen molar-refractivity contribution in [1.82, 2.24) is 0 Å². The molecule has 2 aromatic carbocycles. The summed E-state index contributed by atoms with van der Waals surface area (Å²) in [6.07, 6.45) is -4.43. The molecule has 0 aliphatic rings. The summed E-state index contributed by atoms with van der Waals surface area (Å²) in [6, 6.07) is 10.4. The monoisotopic (exact) mass is 323 g/mol. The zero-order chi connectivity index (χ0) is 17.0. The van der Waals surface area contributed by atoms with Crippen LogP contribution in [0.2, 0.25) is 0 Å². The number of hydrogen-bond acceptors (Lipinski definition) is 4. The van der Waals surface area contributed by atoms with Gasteiger partial charge in [0.05, 0.1) is 21.9 Å². The van der Waals surface area contributed by atoms with Gasteiger partial charge in [-0.3, -0.25) is 15.5 Å². The third-order valence-electron chi connectivity index (χ3n) is 3.02. The average Bonchev–Trinajstić information content (AvgIpc) is 2.52. The lowest BCUT2D eigenvalue weighted by molar-refractivity contribution is -0.384. The van der Waals surface area contributed by atoms with E-state index in [1.54, 1.807) is 13.0 Å². The van der Waals surface area contributed by atoms with Crippen LogP contribution >= 0.6 is 0 Å². The fourth-order valence-electron chi connectivity index (χ4n) is 1.82. The van der Waals surface area contributed by atoms with Crippen molar-refractivity contribution in [2.24, 2.45) is 5.10 Å². The van der Waals surface area contributed by atoms with Crippen molar-refractivity contribution in [3.63, 3.8) is 0 Å². The summed E-state index contributed by atoms with van der Waals surface area (Å²) in [5.74, 6) is 0. The molecule has 2 aromatic rings. The predicted octanol–water partition coefficient (Wildman–Crippen LogP) is 4.45. The highest BCUT2D eigenvalue weighted by atomic mass is 19.4. The van der Waals surface area contributed by atoms with Crippen LogP contribution in [-0.4, -0.2) is 10.6 Å². The third kappa shape index (κ3) is 4.29. The van der Waals surface area contributed by atoms with Gasteiger partial charge >= 0.3 is 6.18 Å². The molecule has 0 aliphatic heterocycles. The fourth-order valence-corrected chi connectivity index (χ4v) is 1.82. The van der Waals surface area contributed by atoms with E-state index >= 15 is 0 Å². The Kier molecular flexibility index (Phi) is 4.63. The quantitative estimate of drug-likeness (QED) is 0.513. The van der Waals surface area contributed by atoms with Gasteiger partial charge in [0.1, 0.15) is 0 Å². The van der Waals surface area contributed by atoms with E-state index < -0.39 is 16.7 Å². The summed E-state index contributed by atoms with van der Waals surface area (Å²) in [5, 5.41) is 14.7. The van der Waals surface area contributed by atoms with Gasteiger partial charge in [0, 0.05) is 17.7 Å². The van der Waals surface area contributed by atoms with Crippen LogP contribution in [0.1, 0.15) is 18.1 Å². The van der Waals surface area contributed by atoms with Crippen LogP contribution in [0.4, 0.5) is 24.5 Å². The van der Waals surface area contributed by atoms with Gasteiger partial charge in [-0.25, -0.2) is 0 Å². The first-order chi connectivity index (χ1) is 10.8. The highest BCUT2D eigenvalue weighted by molar-refractivity contribution is 5.99. The molecule has 0 unspecified atom stereocenters. The molecule has 23 heavy (non-hydrogen) atoms. The number of anilines is 1. The number of benzene rings is 2. The average molecular weight is 323 g/mol. The second-order valence-electron chi connectivity index (χ2n) is 4.70. The molecular formula is C15H12F3N3O2. The van der Waals surface area contributed by atoms with Crippen molar-refractivity contribution in [3.8, 4) is 0 Å². The summed E-state index contributed by atoms with van der Waals surface area (Å²) in [4.78, 5) is 10.2. The smallest absolute Gasteiger partial charge is 0.278 e. The summed E-state index contributed by atoms with van der Waals surface area (Å²) in [6.45, 7) is 1.60. The number of nitrogens with zero attached hydrogens (tertiary/aromatic N) is 2. The zero-order valence-electron chi connectivity index (χ0n) is 12.0. The Hall–Kier alpha value is -2.90. The highest BCUT2D eigenvalue weighted by Crippen LogP contribution is 2.30. The standard InChI is InChI=1S/C15H12F3N3O2/c1-10(11-4-2-7-14(8-11)21(22)23)19-20-13-6-3-5-12(9-13)15(16,17)18/h2-9,20H,1H3. The SMILES string of the molecule is CC(=NNc1cccc(C(F)(F)F)c1)c1cccc([N+](=O)[O-])c1. The summed E-state index contributed by atoms with van der Waals surface area (Å²) in [7, 11) is 0. The molecule has 0 atom stereocenters. The van der Waals surface area contributed by atoms with Gasteiger partial charge in [0.15, 0.2) is 0 Å². The topological polar surface area (TPSA) is 67.5 Å². The fraction of sp³-hybridized carbons (Fsp3) is 0.133. The van der Waals surface area contributed by atoms with Crippen molar-refractivity contribution < 1.29 is 18.1 Å². The molecule has 5 nitrogen and oxygen atoms in total. The van der Waals surface area contributed by atoms with Gasteiger partial charge in [-0.1, -0.05) is 18.2 Å². The maximum Gasteiger partial charge on any atom is 0.416 e. The molecule has 0 amide bonds. The molecule has 0 heterocycles. The molecule has 0 fully saturated rings. The van der Waals surface area contributed by atoms with E-state index in [4.69, 9.17) is 0 Å². The number of non-ortho nitro benzene ring substituents is 1. The number of rotatable bonds is 4. The van der Waals surface area contributed by atoms with Crippen LogP contribution in [-0.2, 0) is 6.18 Å². The normalized spacial score (nSPS) is 12.1. The largest absolute Gasteiger partial charge is 0.416 e. The van der Waals surface area contributed by atoms with E-state index in [1.807, 2.05) is 0 Å². The lowest BCUT2D eigenvalue weighted by Crippen LogP contribution is -2.05. The van der Waals surface area contributed by atoms with E-state index in [0.29, 0.717) is 11.3 Å². The molecule has 0 aromatic heterocycles. The van der Waals surface area contributed by atoms with E-state index in [-0.39, 0.29) is 11.4 Å². The van der Waals surface area contributed by atoms with Crippen LogP contribution in [0.5, 0.6) is 0 Å². The Balaban J connectivity index is 2.20. The second-order valence-corrected chi connectivity index (χ2v) is 4.70. The zero-order valence-corrected chi connectivity index (χ0v) is 12.0. The number of nitro groups is 1. The lowest BCUT2D eigenvalue weighted by atomic mass is 10.1. The molecular weight excluding hydrogens is 311 g/mol. The first-order valence-corrected chi connectivity index (χ1v) is 6.50. The molecule has 0 saturated heterocycles. The first-order valence-electron chi connectivity index (χ1n) is 6.50. The molecule has 8 heteroatoms. The minimum Gasteiger partial charge on any atom is -0.278 e. The Morgan fingerprint density at radius 3 is 2.52 bits per heavy atom. The Bertz CT molecular complexity index is 758. The number of nitro benzene ring substituents is 1. The maximum atomic E-state index is 12.6. The van der Waals surface area contributed by atoms with Gasteiger partial charge in [-0.2, -0.15) is 18.3 Å². The molecule has 120 valence electrons. The molecule has 0 saturated carbocycles. The van der Waals surface area contributed by atoms with E-state index in [1.165, 1.54) is 30.3 Å². The molecule has 0 bridgehead atoms. The second kappa shape index (κ2) is 6.47. The molecule has 2 rings (SSSR count). The molecule has 0 spiro atoms. The Morgan fingerprint density at radius 2 is 1.87 bits per heavy atom. The van der Waals surface area contributed by atoms with Crippen molar-refractivity contribution >= 4 is 17.1 Å². The number of nitrogens with one attached hydrogen (secondary N) is 1. The predicted molar refractivity (Wildman–Crippen MR) is 80.4 cm³/mol. The number of alkyl halides is 3. The van der Waals surface area contributed by atoms with E-state index in [0.717, 1.165) is 12.1 Å². The minimum atomic E-state index is -4.43. The number of hydrazone groups is 1. The van der Waals surface area contributed by atoms with Gasteiger partial charge in [0.25, 0.3) is 5.69 Å². The summed E-state index contributed by atoms with van der Waals surface area (Å²) < 4.78 is 37.9. The first kappa shape index (κ1) is 16.5. The van der Waals surface area contributed by atoms with Crippen LogP contribution in [0.3, 0.4) is 0 Å². The van der Waals surface area contributed by atoms with Crippen LogP contribution in [0, 0.1) is 10.1 Å². The Labute approximate surface area is 129 Å². The Morgan fingerprint density at radius 1 is 1.17 bits per heavy atom. The lowest BCUT2D eigenvalue weighted by Gasteiger charge is -2.08. The number of halogens is 3. The van der Waals surface area contributed by atoms with Crippen LogP contribution in [0.25, 0.3) is 0 Å². The van der Waals surface area contributed by atoms with Gasteiger partial charge in [-0.05, 0) is 25.1 Å². The summed E-state index contributed by atoms with van der Waals surface area (Å²) >= 11 is 0.